The maximum atomic E-state index is 13.1. The van der Waals surface area contributed by atoms with Crippen LogP contribution in [0.5, 0.6) is 0 Å². The minimum atomic E-state index is -3.79. The van der Waals surface area contributed by atoms with Crippen molar-refractivity contribution < 1.29 is 21.6 Å². The van der Waals surface area contributed by atoms with Gasteiger partial charge in [-0.15, -0.1) is 0 Å². The summed E-state index contributed by atoms with van der Waals surface area (Å²) in [6, 6.07) is 8.28. The first kappa shape index (κ1) is 30.5. The molecule has 1 aliphatic carbocycles. The second-order valence-corrected chi connectivity index (χ2v) is 12.3. The second kappa shape index (κ2) is 13.4. The molecular formula is C26H38N6O5S2. The zero-order valence-corrected chi connectivity index (χ0v) is 24.4. The minimum Gasteiger partial charge on any atom is -0.281 e. The average Bonchev–Trinajstić information content (AvgIpc) is 3.53. The van der Waals surface area contributed by atoms with Gasteiger partial charge in [0.25, 0.3) is 10.0 Å². The van der Waals surface area contributed by atoms with Crippen LogP contribution in [-0.4, -0.2) is 36.7 Å². The number of benzene rings is 1. The Hall–Kier alpha value is -3.03. The van der Waals surface area contributed by atoms with Crippen molar-refractivity contribution in [3.8, 4) is 0 Å². The fourth-order valence-corrected chi connectivity index (χ4v) is 6.76. The van der Waals surface area contributed by atoms with Crippen molar-refractivity contribution >= 4 is 43.8 Å². The van der Waals surface area contributed by atoms with Crippen molar-refractivity contribution in [2.45, 2.75) is 64.7 Å². The van der Waals surface area contributed by atoms with Gasteiger partial charge in [0, 0.05) is 12.1 Å². The van der Waals surface area contributed by atoms with Crippen molar-refractivity contribution in [2.24, 2.45) is 28.8 Å². The highest BCUT2D eigenvalue weighted by Gasteiger charge is 2.39. The Morgan fingerprint density at radius 3 is 2.36 bits per heavy atom. The molecule has 2 aromatic heterocycles. The van der Waals surface area contributed by atoms with Crippen molar-refractivity contribution in [1.82, 2.24) is 19.4 Å². The molecule has 3 atom stereocenters. The highest BCUT2D eigenvalue weighted by molar-refractivity contribution is 7.90. The lowest BCUT2D eigenvalue weighted by Gasteiger charge is -2.20. The van der Waals surface area contributed by atoms with E-state index in [9.17, 15) is 13.2 Å². The number of carbonyl (C=O) groups excluding carboxylic acids is 1. The molecule has 1 saturated carbocycles. The largest absolute Gasteiger partial charge is 0.281 e. The summed E-state index contributed by atoms with van der Waals surface area (Å²) in [6.45, 7) is 8.53. The van der Waals surface area contributed by atoms with E-state index in [-0.39, 0.29) is 22.4 Å². The lowest BCUT2D eigenvalue weighted by Crippen LogP contribution is -2.37. The van der Waals surface area contributed by atoms with Crippen LogP contribution in [0.15, 0.2) is 47.6 Å². The van der Waals surface area contributed by atoms with Crippen LogP contribution < -0.4 is 16.0 Å². The van der Waals surface area contributed by atoms with E-state index in [1.807, 2.05) is 6.92 Å². The third kappa shape index (κ3) is 7.34. The minimum absolute atomic E-state index is 0.0180. The summed E-state index contributed by atoms with van der Waals surface area (Å²) in [5.74, 6) is 1.97. The van der Waals surface area contributed by atoms with E-state index in [0.29, 0.717) is 29.1 Å². The van der Waals surface area contributed by atoms with E-state index in [0.717, 1.165) is 41.6 Å². The molecule has 0 bridgehead atoms. The van der Waals surface area contributed by atoms with Gasteiger partial charge in [-0.05, 0) is 55.7 Å². The lowest BCUT2D eigenvalue weighted by molar-refractivity contribution is -0.125. The number of anilines is 1. The number of hydrogen-bond acceptors (Lipinski definition) is 8. The number of carbonyl (C=O) groups is 1. The molecule has 1 aliphatic rings. The zero-order valence-electron chi connectivity index (χ0n) is 22.7. The molecule has 11 nitrogen and oxygen atoms in total. The number of rotatable bonds is 9. The first-order valence-electron chi connectivity index (χ1n) is 13.1. The molecule has 3 aromatic rings. The van der Waals surface area contributed by atoms with E-state index >= 15 is 0 Å². The summed E-state index contributed by atoms with van der Waals surface area (Å²) in [5, 5.41) is 4.06. The van der Waals surface area contributed by atoms with Gasteiger partial charge in [0.15, 0.2) is 22.4 Å². The van der Waals surface area contributed by atoms with Gasteiger partial charge in [-0.1, -0.05) is 57.7 Å². The normalized spacial score (nSPS) is 19.2. The van der Waals surface area contributed by atoms with Crippen LogP contribution in [-0.2, 0) is 25.7 Å². The molecule has 214 valence electrons. The number of hydrazine groups is 1. The summed E-state index contributed by atoms with van der Waals surface area (Å²) in [6.07, 6.45) is 8.20. The molecule has 1 aromatic carbocycles. The van der Waals surface area contributed by atoms with Crippen molar-refractivity contribution in [1.29, 1.82) is 0 Å². The van der Waals surface area contributed by atoms with Gasteiger partial charge in [0.05, 0.1) is 11.1 Å². The van der Waals surface area contributed by atoms with Crippen LogP contribution in [0.3, 0.4) is 0 Å². The first-order chi connectivity index (χ1) is 18.5. The molecular weight excluding hydrogens is 540 g/mol. The summed E-state index contributed by atoms with van der Waals surface area (Å²) < 4.78 is 44.9. The summed E-state index contributed by atoms with van der Waals surface area (Å²) in [5.41, 5.74) is 7.33. The van der Waals surface area contributed by atoms with E-state index < -0.39 is 20.9 Å². The summed E-state index contributed by atoms with van der Waals surface area (Å²) in [4.78, 5) is 22.0. The highest BCUT2D eigenvalue weighted by Crippen LogP contribution is 2.43. The maximum Gasteiger partial charge on any atom is 0.269 e. The molecule has 3 unspecified atom stereocenters. The predicted molar refractivity (Wildman–Crippen MR) is 152 cm³/mol. The van der Waals surface area contributed by atoms with Crippen LogP contribution in [0.1, 0.15) is 58.4 Å². The smallest absolute Gasteiger partial charge is 0.269 e. The van der Waals surface area contributed by atoms with E-state index in [1.54, 1.807) is 30.3 Å². The van der Waals surface area contributed by atoms with Gasteiger partial charge in [0.2, 0.25) is 5.91 Å². The van der Waals surface area contributed by atoms with Gasteiger partial charge >= 0.3 is 0 Å². The number of nitrogens with zero attached hydrogens (tertiary/aromatic N) is 3. The van der Waals surface area contributed by atoms with Crippen LogP contribution in [0.4, 0.5) is 5.82 Å². The third-order valence-corrected chi connectivity index (χ3v) is 9.24. The van der Waals surface area contributed by atoms with Crippen molar-refractivity contribution in [2.75, 3.05) is 5.43 Å². The van der Waals surface area contributed by atoms with Crippen LogP contribution in [0, 0.1) is 30.6 Å². The van der Waals surface area contributed by atoms with Crippen LogP contribution in [0.2, 0.25) is 0 Å². The third-order valence-electron chi connectivity index (χ3n) is 7.56. The van der Waals surface area contributed by atoms with E-state index in [4.69, 9.17) is 8.42 Å². The number of thiol groups is 1. The van der Waals surface area contributed by atoms with Gasteiger partial charge < -0.3 is 0 Å². The maximum absolute atomic E-state index is 13.1. The van der Waals surface area contributed by atoms with Crippen molar-refractivity contribution in [3.05, 3.63) is 48.3 Å². The monoisotopic (exact) mass is 578 g/mol. The number of aryl methyl sites for hydroxylation is 1. The first-order valence-corrected chi connectivity index (χ1v) is 15.8. The molecule has 0 spiro atoms. The molecule has 1 amide bonds. The number of fused-ring (bicyclic) bond motifs is 1. The molecule has 39 heavy (non-hydrogen) atoms. The van der Waals surface area contributed by atoms with E-state index in [1.165, 1.54) is 12.4 Å². The topological polar surface area (TPSA) is 166 Å². The Morgan fingerprint density at radius 1 is 1.13 bits per heavy atom. The molecule has 0 radical (unpaired) electrons. The number of nitrogens with two attached hydrogens (primary N) is 1. The van der Waals surface area contributed by atoms with Gasteiger partial charge in [-0.25, -0.2) is 35.9 Å². The Morgan fingerprint density at radius 2 is 1.77 bits per heavy atom. The predicted octanol–water partition coefficient (Wildman–Crippen LogP) is 3.38. The zero-order chi connectivity index (χ0) is 28.7. The number of hydrogen-bond donors (Lipinski definition) is 4. The number of aromatic nitrogens is 3. The average molecular weight is 579 g/mol. The Bertz CT molecular complexity index is 1440. The number of nitrogens with one attached hydrogen (secondary N) is 2. The highest BCUT2D eigenvalue weighted by atomic mass is 32.2. The summed E-state index contributed by atoms with van der Waals surface area (Å²) in [7, 11) is -6.41. The van der Waals surface area contributed by atoms with Crippen LogP contribution >= 0.6 is 0 Å². The quantitative estimate of drug-likeness (QED) is 0.221. The number of amides is 1. The van der Waals surface area contributed by atoms with Gasteiger partial charge in [-0.2, -0.15) is 0 Å². The van der Waals surface area contributed by atoms with Crippen molar-refractivity contribution in [3.63, 3.8) is 0 Å². The molecule has 1 fully saturated rings. The Kier molecular flexibility index (Phi) is 10.4. The van der Waals surface area contributed by atoms with Gasteiger partial charge in [0.1, 0.15) is 5.52 Å². The SMILES string of the molecule is CCC(CC)C1CC(CC)C(C(=O)NNc2cnc3c(ccn3S(=O)(=O)c3ccc(C)cc3)n2)C1.N[SH](=O)=O. The van der Waals surface area contributed by atoms with Gasteiger partial charge in [-0.3, -0.25) is 15.6 Å². The Labute approximate surface area is 231 Å². The Balaban J connectivity index is 0.000000983. The molecule has 4 N–H and O–H groups in total. The standard InChI is InChI=1S/C26H35N5O3S.H3NO2S/c1-5-18(6-2)20-14-19(7-3)22(15-20)26(32)30-29-24-16-27-25-23(28-24)12-13-31(25)35(33,34)21-10-8-17(4)9-11-21;1-4(2)3/h8-13,16,18-20,22H,5-7,14-15H2,1-4H3,(H,28,29)(H,30,32);4H,(H2,1,2,3). The molecule has 13 heteroatoms. The molecule has 0 aliphatic heterocycles. The molecule has 0 saturated heterocycles. The fraction of sp³-hybridized carbons (Fsp3) is 0.500. The molecule has 2 heterocycles. The lowest BCUT2D eigenvalue weighted by atomic mass is 9.86. The van der Waals surface area contributed by atoms with Crippen LogP contribution in [0.25, 0.3) is 11.2 Å². The fourth-order valence-electron chi connectivity index (χ4n) is 5.46. The summed E-state index contributed by atoms with van der Waals surface area (Å²) >= 11 is 0. The second-order valence-electron chi connectivity index (χ2n) is 9.88. The molecule has 4 rings (SSSR count). The van der Waals surface area contributed by atoms with E-state index in [2.05, 4.69) is 46.7 Å².